The highest BCUT2D eigenvalue weighted by Gasteiger charge is 2.05. The highest BCUT2D eigenvalue weighted by molar-refractivity contribution is 5.34. The van der Waals surface area contributed by atoms with Gasteiger partial charge in [-0.05, 0) is 23.3 Å². The molecule has 0 saturated heterocycles. The summed E-state index contributed by atoms with van der Waals surface area (Å²) in [6.45, 7) is 0.263. The highest BCUT2D eigenvalue weighted by atomic mass is 16.6. The predicted molar refractivity (Wildman–Crippen MR) is 73.2 cm³/mol. The van der Waals surface area contributed by atoms with E-state index < -0.39 is 4.92 Å². The third kappa shape index (κ3) is 3.56. The smallest absolute Gasteiger partial charge is 0.269 e. The van der Waals surface area contributed by atoms with Gasteiger partial charge in [-0.3, -0.25) is 10.1 Å². The molecule has 0 aliphatic heterocycles. The number of nitro groups is 1. The molecule has 0 unspecified atom stereocenters. The Morgan fingerprint density at radius 2 is 1.90 bits per heavy atom. The summed E-state index contributed by atoms with van der Waals surface area (Å²) >= 11 is 0. The maximum Gasteiger partial charge on any atom is 0.269 e. The molecule has 0 radical (unpaired) electrons. The van der Waals surface area contributed by atoms with Crippen LogP contribution in [-0.4, -0.2) is 4.92 Å². The molecule has 0 heterocycles. The SMILES string of the molecule is N#CCc1ccc(OCc2cccc([N+](=O)[O-])c2)cc1. The molecule has 0 N–H and O–H groups in total. The van der Waals surface area contributed by atoms with E-state index in [4.69, 9.17) is 10.00 Å². The van der Waals surface area contributed by atoms with E-state index in [-0.39, 0.29) is 12.3 Å². The van der Waals surface area contributed by atoms with Gasteiger partial charge in [0.05, 0.1) is 17.4 Å². The molecule has 2 rings (SSSR count). The standard InChI is InChI=1S/C15H12N2O3/c16-9-8-12-4-6-15(7-5-12)20-11-13-2-1-3-14(10-13)17(18)19/h1-7,10H,8,11H2. The maximum atomic E-state index is 10.7. The highest BCUT2D eigenvalue weighted by Crippen LogP contribution is 2.17. The van der Waals surface area contributed by atoms with Crippen molar-refractivity contribution < 1.29 is 9.66 Å². The Hall–Kier alpha value is -2.87. The molecule has 2 aromatic carbocycles. The van der Waals surface area contributed by atoms with Crippen molar-refractivity contribution in [1.29, 1.82) is 5.26 Å². The molecule has 0 atom stereocenters. The quantitative estimate of drug-likeness (QED) is 0.616. The Kier molecular flexibility index (Phi) is 4.30. The van der Waals surface area contributed by atoms with Gasteiger partial charge in [0.2, 0.25) is 0 Å². The van der Waals surface area contributed by atoms with E-state index in [1.165, 1.54) is 12.1 Å². The second-order valence-corrected chi connectivity index (χ2v) is 4.19. The maximum absolute atomic E-state index is 10.7. The van der Waals surface area contributed by atoms with E-state index in [0.29, 0.717) is 12.2 Å². The summed E-state index contributed by atoms with van der Waals surface area (Å²) in [6.07, 6.45) is 0.366. The number of rotatable bonds is 5. The lowest BCUT2D eigenvalue weighted by atomic mass is 10.1. The van der Waals surface area contributed by atoms with Gasteiger partial charge in [-0.1, -0.05) is 24.3 Å². The zero-order valence-corrected chi connectivity index (χ0v) is 10.7. The van der Waals surface area contributed by atoms with E-state index in [0.717, 1.165) is 11.1 Å². The minimum Gasteiger partial charge on any atom is -0.489 e. The van der Waals surface area contributed by atoms with Gasteiger partial charge in [0.1, 0.15) is 12.4 Å². The molecule has 5 heteroatoms. The van der Waals surface area contributed by atoms with Crippen molar-refractivity contribution in [3.63, 3.8) is 0 Å². The van der Waals surface area contributed by atoms with E-state index in [1.807, 2.05) is 12.1 Å². The summed E-state index contributed by atoms with van der Waals surface area (Å²) in [6, 6.07) is 15.6. The fourth-order valence-corrected chi connectivity index (χ4v) is 1.72. The molecule has 0 aliphatic carbocycles. The Balaban J connectivity index is 2.00. The third-order valence-corrected chi connectivity index (χ3v) is 2.73. The van der Waals surface area contributed by atoms with Crippen LogP contribution in [0.4, 0.5) is 5.69 Å². The van der Waals surface area contributed by atoms with E-state index in [9.17, 15) is 10.1 Å². The molecular weight excluding hydrogens is 256 g/mol. The van der Waals surface area contributed by atoms with Crippen molar-refractivity contribution in [3.8, 4) is 11.8 Å². The summed E-state index contributed by atoms with van der Waals surface area (Å²) in [5, 5.41) is 19.2. The van der Waals surface area contributed by atoms with Crippen LogP contribution in [0.25, 0.3) is 0 Å². The third-order valence-electron chi connectivity index (χ3n) is 2.73. The van der Waals surface area contributed by atoms with Crippen LogP contribution in [0.15, 0.2) is 48.5 Å². The van der Waals surface area contributed by atoms with Crippen molar-refractivity contribution in [3.05, 3.63) is 69.8 Å². The van der Waals surface area contributed by atoms with Crippen LogP contribution in [0.3, 0.4) is 0 Å². The molecule has 100 valence electrons. The first-order chi connectivity index (χ1) is 9.69. The van der Waals surface area contributed by atoms with Crippen molar-refractivity contribution in [1.82, 2.24) is 0 Å². The number of ether oxygens (including phenoxy) is 1. The molecular formula is C15H12N2O3. The largest absolute Gasteiger partial charge is 0.489 e. The molecule has 0 fully saturated rings. The van der Waals surface area contributed by atoms with Gasteiger partial charge in [-0.15, -0.1) is 0 Å². The van der Waals surface area contributed by atoms with Gasteiger partial charge in [0.25, 0.3) is 5.69 Å². The molecule has 0 aromatic heterocycles. The summed E-state index contributed by atoms with van der Waals surface area (Å²) in [7, 11) is 0. The lowest BCUT2D eigenvalue weighted by molar-refractivity contribution is -0.384. The zero-order valence-electron chi connectivity index (χ0n) is 10.7. The van der Waals surface area contributed by atoms with E-state index in [1.54, 1.807) is 24.3 Å². The predicted octanol–water partition coefficient (Wildman–Crippen LogP) is 3.24. The van der Waals surface area contributed by atoms with Crippen LogP contribution in [0.5, 0.6) is 5.75 Å². The number of nitriles is 1. The average Bonchev–Trinajstić information content (AvgIpc) is 2.47. The molecule has 20 heavy (non-hydrogen) atoms. The van der Waals surface area contributed by atoms with Gasteiger partial charge >= 0.3 is 0 Å². The number of non-ortho nitro benzene ring substituents is 1. The number of benzene rings is 2. The van der Waals surface area contributed by atoms with Crippen LogP contribution < -0.4 is 4.74 Å². The minimum absolute atomic E-state index is 0.0514. The summed E-state index contributed by atoms with van der Waals surface area (Å²) in [5.74, 6) is 0.665. The normalized spacial score (nSPS) is 9.75. The fourth-order valence-electron chi connectivity index (χ4n) is 1.72. The minimum atomic E-state index is -0.430. The summed E-state index contributed by atoms with van der Waals surface area (Å²) < 4.78 is 5.55. The van der Waals surface area contributed by atoms with Crippen molar-refractivity contribution in [2.24, 2.45) is 0 Å². The van der Waals surface area contributed by atoms with Crippen LogP contribution in [0, 0.1) is 21.4 Å². The first-order valence-corrected chi connectivity index (χ1v) is 6.01. The first-order valence-electron chi connectivity index (χ1n) is 6.01. The van der Waals surface area contributed by atoms with Gasteiger partial charge < -0.3 is 4.74 Å². The van der Waals surface area contributed by atoms with Crippen molar-refractivity contribution in [2.75, 3.05) is 0 Å². The van der Waals surface area contributed by atoms with Gasteiger partial charge in [0, 0.05) is 12.1 Å². The molecule has 5 nitrogen and oxygen atoms in total. The Morgan fingerprint density at radius 1 is 1.15 bits per heavy atom. The van der Waals surface area contributed by atoms with E-state index in [2.05, 4.69) is 6.07 Å². The average molecular weight is 268 g/mol. The van der Waals surface area contributed by atoms with Gasteiger partial charge in [-0.2, -0.15) is 5.26 Å². The van der Waals surface area contributed by atoms with E-state index >= 15 is 0 Å². The number of hydrogen-bond donors (Lipinski definition) is 0. The molecule has 0 aliphatic rings. The molecule has 2 aromatic rings. The first kappa shape index (κ1) is 13.6. The van der Waals surface area contributed by atoms with Gasteiger partial charge in [0.15, 0.2) is 0 Å². The summed E-state index contributed by atoms with van der Waals surface area (Å²) in [5.41, 5.74) is 1.71. The van der Waals surface area contributed by atoms with Crippen LogP contribution in [0.1, 0.15) is 11.1 Å². The lowest BCUT2D eigenvalue weighted by Crippen LogP contribution is -1.97. The van der Waals surface area contributed by atoms with Crippen LogP contribution >= 0.6 is 0 Å². The second kappa shape index (κ2) is 6.34. The van der Waals surface area contributed by atoms with Crippen LogP contribution in [-0.2, 0) is 13.0 Å². The Morgan fingerprint density at radius 3 is 2.55 bits per heavy atom. The van der Waals surface area contributed by atoms with Crippen molar-refractivity contribution in [2.45, 2.75) is 13.0 Å². The molecule has 0 saturated carbocycles. The number of nitrogens with zero attached hydrogens (tertiary/aromatic N) is 2. The second-order valence-electron chi connectivity index (χ2n) is 4.19. The topological polar surface area (TPSA) is 76.2 Å². The van der Waals surface area contributed by atoms with Crippen LogP contribution in [0.2, 0.25) is 0 Å². The monoisotopic (exact) mass is 268 g/mol. The van der Waals surface area contributed by atoms with Gasteiger partial charge in [-0.25, -0.2) is 0 Å². The molecule has 0 bridgehead atoms. The molecule has 0 spiro atoms. The lowest BCUT2D eigenvalue weighted by Gasteiger charge is -2.06. The molecule has 0 amide bonds. The number of hydrogen-bond acceptors (Lipinski definition) is 4. The van der Waals surface area contributed by atoms with Crippen molar-refractivity contribution >= 4 is 5.69 Å². The number of nitro benzene ring substituents is 1. The Bertz CT molecular complexity index is 645. The Labute approximate surface area is 116 Å². The summed E-state index contributed by atoms with van der Waals surface area (Å²) in [4.78, 5) is 10.2. The zero-order chi connectivity index (χ0) is 14.4. The fraction of sp³-hybridized carbons (Fsp3) is 0.133.